The van der Waals surface area contributed by atoms with Crippen LogP contribution in [0.3, 0.4) is 0 Å². The average molecular weight is 366 g/mol. The first-order valence-corrected chi connectivity index (χ1v) is 8.81. The molecule has 0 saturated carbocycles. The Hall–Kier alpha value is -1.49. The van der Waals surface area contributed by atoms with Gasteiger partial charge in [0.25, 0.3) is 0 Å². The van der Waals surface area contributed by atoms with Gasteiger partial charge in [0.1, 0.15) is 0 Å². The number of aryl methyl sites for hydroxylation is 1. The molecule has 1 aliphatic heterocycles. The maximum absolute atomic E-state index is 12.4. The van der Waals surface area contributed by atoms with E-state index in [9.17, 15) is 9.59 Å². The van der Waals surface area contributed by atoms with E-state index in [1.165, 1.54) is 11.8 Å². The predicted octanol–water partition coefficient (Wildman–Crippen LogP) is 4.85. The van der Waals surface area contributed by atoms with E-state index in [1.807, 2.05) is 6.07 Å². The van der Waals surface area contributed by atoms with Gasteiger partial charge >= 0.3 is 0 Å². The van der Waals surface area contributed by atoms with Crippen molar-refractivity contribution in [1.29, 1.82) is 0 Å². The molecule has 1 aliphatic rings. The van der Waals surface area contributed by atoms with E-state index in [-0.39, 0.29) is 17.4 Å². The van der Waals surface area contributed by atoms with Gasteiger partial charge in [0.05, 0.1) is 10.8 Å². The van der Waals surface area contributed by atoms with Crippen LogP contribution < -0.4 is 5.32 Å². The van der Waals surface area contributed by atoms with Crippen LogP contribution in [0.5, 0.6) is 0 Å². The van der Waals surface area contributed by atoms with Crippen LogP contribution in [-0.4, -0.2) is 17.4 Å². The lowest BCUT2D eigenvalue weighted by Crippen LogP contribution is -2.19. The molecule has 0 bridgehead atoms. The maximum atomic E-state index is 12.4. The molecule has 0 radical (unpaired) electrons. The minimum Gasteiger partial charge on any atom is -0.326 e. The smallest absolute Gasteiger partial charge is 0.224 e. The van der Waals surface area contributed by atoms with Gasteiger partial charge < -0.3 is 5.32 Å². The molecular weight excluding hydrogens is 353 g/mol. The number of thioether (sulfide) groups is 1. The SMILES string of the molecule is O=C1CCc2cc(C(=O)CSc3cc(Cl)ccc3Cl)ccc2N1. The second kappa shape index (κ2) is 6.95. The predicted molar refractivity (Wildman–Crippen MR) is 94.9 cm³/mol. The van der Waals surface area contributed by atoms with Gasteiger partial charge in [-0.2, -0.15) is 0 Å². The topological polar surface area (TPSA) is 46.2 Å². The van der Waals surface area contributed by atoms with E-state index in [0.29, 0.717) is 28.5 Å². The van der Waals surface area contributed by atoms with E-state index in [0.717, 1.165) is 16.1 Å². The molecule has 1 N–H and O–H groups in total. The Morgan fingerprint density at radius 2 is 1.96 bits per heavy atom. The number of amides is 1. The lowest BCUT2D eigenvalue weighted by molar-refractivity contribution is -0.116. The second-order valence-corrected chi connectivity index (χ2v) is 7.07. The molecule has 0 aliphatic carbocycles. The number of ketones is 1. The summed E-state index contributed by atoms with van der Waals surface area (Å²) in [5, 5.41) is 3.99. The van der Waals surface area contributed by atoms with Crippen LogP contribution in [0, 0.1) is 0 Å². The highest BCUT2D eigenvalue weighted by atomic mass is 35.5. The highest BCUT2D eigenvalue weighted by molar-refractivity contribution is 8.00. The van der Waals surface area contributed by atoms with Gasteiger partial charge in [0.2, 0.25) is 5.91 Å². The summed E-state index contributed by atoms with van der Waals surface area (Å²) in [6, 6.07) is 10.6. The van der Waals surface area contributed by atoms with E-state index in [2.05, 4.69) is 5.32 Å². The first-order valence-electron chi connectivity index (χ1n) is 7.07. The summed E-state index contributed by atoms with van der Waals surface area (Å²) in [4.78, 5) is 24.5. The summed E-state index contributed by atoms with van der Waals surface area (Å²) in [6.07, 6.45) is 1.12. The molecular formula is C17H13Cl2NO2S. The summed E-state index contributed by atoms with van der Waals surface area (Å²) < 4.78 is 0. The van der Waals surface area contributed by atoms with Crippen LogP contribution in [0.1, 0.15) is 22.3 Å². The van der Waals surface area contributed by atoms with Gasteiger partial charge in [0.15, 0.2) is 5.78 Å². The molecule has 0 spiro atoms. The van der Waals surface area contributed by atoms with Crippen LogP contribution >= 0.6 is 35.0 Å². The van der Waals surface area contributed by atoms with Crippen molar-refractivity contribution in [2.24, 2.45) is 0 Å². The van der Waals surface area contributed by atoms with E-state index < -0.39 is 0 Å². The van der Waals surface area contributed by atoms with Crippen LogP contribution in [0.4, 0.5) is 5.69 Å². The van der Waals surface area contributed by atoms with Gasteiger partial charge in [-0.15, -0.1) is 11.8 Å². The lowest BCUT2D eigenvalue weighted by Gasteiger charge is -2.17. The molecule has 6 heteroatoms. The molecule has 0 saturated heterocycles. The van der Waals surface area contributed by atoms with Crippen LogP contribution in [0.15, 0.2) is 41.3 Å². The lowest BCUT2D eigenvalue weighted by atomic mass is 9.99. The van der Waals surface area contributed by atoms with E-state index >= 15 is 0 Å². The molecule has 1 heterocycles. The third-order valence-corrected chi connectivity index (χ3v) is 5.31. The molecule has 3 nitrogen and oxygen atoms in total. The summed E-state index contributed by atoms with van der Waals surface area (Å²) in [6.45, 7) is 0. The molecule has 2 aromatic rings. The molecule has 2 aromatic carbocycles. The van der Waals surface area contributed by atoms with Crippen LogP contribution in [0.25, 0.3) is 0 Å². The zero-order valence-corrected chi connectivity index (χ0v) is 14.4. The average Bonchev–Trinajstić information content (AvgIpc) is 2.55. The number of Topliss-reactive ketones (excluding diaryl/α,β-unsaturated/α-hetero) is 1. The van der Waals surface area contributed by atoms with Crippen molar-refractivity contribution >= 4 is 52.3 Å². The first-order chi connectivity index (χ1) is 11.0. The third kappa shape index (κ3) is 3.89. The van der Waals surface area contributed by atoms with Gasteiger partial charge in [-0.3, -0.25) is 9.59 Å². The molecule has 23 heavy (non-hydrogen) atoms. The highest BCUT2D eigenvalue weighted by Crippen LogP contribution is 2.31. The van der Waals surface area contributed by atoms with Crippen molar-refractivity contribution < 1.29 is 9.59 Å². The Labute approximate surface area is 148 Å². The van der Waals surface area contributed by atoms with Crippen LogP contribution in [-0.2, 0) is 11.2 Å². The number of rotatable bonds is 4. The Morgan fingerprint density at radius 1 is 1.13 bits per heavy atom. The van der Waals surface area contributed by atoms with Crippen molar-refractivity contribution in [3.8, 4) is 0 Å². The summed E-state index contributed by atoms with van der Waals surface area (Å²) in [7, 11) is 0. The zero-order valence-electron chi connectivity index (χ0n) is 12.1. The van der Waals surface area contributed by atoms with Crippen molar-refractivity contribution in [3.63, 3.8) is 0 Å². The number of carbonyl (C=O) groups is 2. The monoisotopic (exact) mass is 365 g/mol. The third-order valence-electron chi connectivity index (χ3n) is 3.57. The molecule has 118 valence electrons. The van der Waals surface area contributed by atoms with Crippen molar-refractivity contribution in [2.45, 2.75) is 17.7 Å². The molecule has 0 atom stereocenters. The molecule has 0 aromatic heterocycles. The van der Waals surface area contributed by atoms with E-state index in [1.54, 1.807) is 30.3 Å². The van der Waals surface area contributed by atoms with Gasteiger partial charge in [-0.1, -0.05) is 23.2 Å². The Morgan fingerprint density at radius 3 is 2.78 bits per heavy atom. The van der Waals surface area contributed by atoms with Crippen LogP contribution in [0.2, 0.25) is 10.0 Å². The number of benzene rings is 2. The standard InChI is InChI=1S/C17H13Cl2NO2S/c18-12-3-4-13(19)16(8-12)23-9-15(21)11-1-5-14-10(7-11)2-6-17(22)20-14/h1,3-5,7-8H,2,6,9H2,(H,20,22). The number of fused-ring (bicyclic) bond motifs is 1. The fourth-order valence-corrected chi connectivity index (χ4v) is 3.76. The Bertz CT molecular complexity index is 792. The number of nitrogens with one attached hydrogen (secondary N) is 1. The molecule has 1 amide bonds. The summed E-state index contributed by atoms with van der Waals surface area (Å²) >= 11 is 13.4. The summed E-state index contributed by atoms with van der Waals surface area (Å²) in [5.41, 5.74) is 2.44. The number of hydrogen-bond donors (Lipinski definition) is 1. The van der Waals surface area contributed by atoms with Gasteiger partial charge in [-0.05, 0) is 48.4 Å². The van der Waals surface area contributed by atoms with E-state index in [4.69, 9.17) is 23.2 Å². The quantitative estimate of drug-likeness (QED) is 0.621. The van der Waals surface area contributed by atoms with Gasteiger partial charge in [0, 0.05) is 27.6 Å². The zero-order chi connectivity index (χ0) is 16.4. The Balaban J connectivity index is 1.71. The van der Waals surface area contributed by atoms with Crippen molar-refractivity contribution in [2.75, 3.05) is 11.1 Å². The largest absolute Gasteiger partial charge is 0.326 e. The van der Waals surface area contributed by atoms with Crippen molar-refractivity contribution in [1.82, 2.24) is 0 Å². The highest BCUT2D eigenvalue weighted by Gasteiger charge is 2.17. The number of hydrogen-bond acceptors (Lipinski definition) is 3. The molecule has 3 rings (SSSR count). The second-order valence-electron chi connectivity index (χ2n) is 5.21. The minimum atomic E-state index is 0.0164. The number of halogens is 2. The number of carbonyl (C=O) groups excluding carboxylic acids is 2. The van der Waals surface area contributed by atoms with Crippen molar-refractivity contribution in [3.05, 3.63) is 57.6 Å². The Kier molecular flexibility index (Phi) is 4.95. The minimum absolute atomic E-state index is 0.0164. The normalized spacial score (nSPS) is 13.4. The molecule has 0 unspecified atom stereocenters. The first kappa shape index (κ1) is 16.4. The maximum Gasteiger partial charge on any atom is 0.224 e. The molecule has 0 fully saturated rings. The fourth-order valence-electron chi connectivity index (χ4n) is 2.37. The summed E-state index contributed by atoms with van der Waals surface area (Å²) in [5.74, 6) is 0.319. The van der Waals surface area contributed by atoms with Gasteiger partial charge in [-0.25, -0.2) is 0 Å². The number of anilines is 1. The fraction of sp³-hybridized carbons (Fsp3) is 0.176.